The van der Waals surface area contributed by atoms with Crippen LogP contribution in [0.1, 0.15) is 30.0 Å². The maximum Gasteiger partial charge on any atom is 0.323 e. The number of rotatable bonds is 6. The molecule has 0 aliphatic carbocycles. The molecule has 3 N–H and O–H groups in total. The Morgan fingerprint density at radius 3 is 2.47 bits per heavy atom. The summed E-state index contributed by atoms with van der Waals surface area (Å²) >= 11 is 0. The second kappa shape index (κ2) is 8.57. The predicted molar refractivity (Wildman–Crippen MR) is 115 cm³/mol. The van der Waals surface area contributed by atoms with E-state index in [9.17, 15) is 14.4 Å². The molecule has 4 rings (SSSR count). The van der Waals surface area contributed by atoms with Crippen LogP contribution in [0.4, 0.5) is 0 Å². The third kappa shape index (κ3) is 4.79. The number of hydrogen-bond donors (Lipinski definition) is 3. The quantitative estimate of drug-likeness (QED) is 0.585. The lowest BCUT2D eigenvalue weighted by Gasteiger charge is -2.14. The van der Waals surface area contributed by atoms with Crippen LogP contribution in [0.2, 0.25) is 0 Å². The number of nitrogens with zero attached hydrogens (tertiary/aromatic N) is 1. The van der Waals surface area contributed by atoms with Gasteiger partial charge in [0.05, 0.1) is 17.5 Å². The number of imidazole rings is 1. The molecule has 0 spiro atoms. The standard InChI is InChI=1S/C23H26N4O3/c1-15(28)27-9-8-19(14-27)10-16-2-4-17(5-3-16)12-22(29)24-13-18-6-7-20-21(11-18)26-23(30)25-20/h2-7,11,19H,8-10,12-14H2,1H3,(H,24,29)(H2,25,26,30). The number of aromatic nitrogens is 2. The molecule has 1 aliphatic heterocycles. The number of likely N-dealkylation sites (tertiary alicyclic amines) is 1. The number of carbonyl (C=O) groups is 2. The number of amides is 2. The summed E-state index contributed by atoms with van der Waals surface area (Å²) in [5.74, 6) is 0.619. The molecular weight excluding hydrogens is 380 g/mol. The summed E-state index contributed by atoms with van der Waals surface area (Å²) in [4.78, 5) is 42.4. The molecule has 7 heteroatoms. The van der Waals surface area contributed by atoms with Gasteiger partial charge in [-0.3, -0.25) is 9.59 Å². The molecule has 2 heterocycles. The van der Waals surface area contributed by atoms with Crippen LogP contribution in [0.5, 0.6) is 0 Å². The van der Waals surface area contributed by atoms with Crippen LogP contribution in [-0.2, 0) is 29.0 Å². The zero-order valence-corrected chi connectivity index (χ0v) is 17.0. The summed E-state index contributed by atoms with van der Waals surface area (Å²) in [6.07, 6.45) is 2.33. The van der Waals surface area contributed by atoms with Crippen molar-refractivity contribution >= 4 is 22.8 Å². The van der Waals surface area contributed by atoms with Gasteiger partial charge in [0.25, 0.3) is 0 Å². The van der Waals surface area contributed by atoms with Crippen molar-refractivity contribution < 1.29 is 9.59 Å². The van der Waals surface area contributed by atoms with Crippen molar-refractivity contribution in [3.63, 3.8) is 0 Å². The Balaban J connectivity index is 1.27. The Bertz CT molecular complexity index is 1110. The van der Waals surface area contributed by atoms with Gasteiger partial charge in [-0.05, 0) is 47.6 Å². The molecule has 0 bridgehead atoms. The molecule has 30 heavy (non-hydrogen) atoms. The molecule has 1 saturated heterocycles. The lowest BCUT2D eigenvalue weighted by molar-refractivity contribution is -0.128. The zero-order valence-electron chi connectivity index (χ0n) is 17.0. The summed E-state index contributed by atoms with van der Waals surface area (Å²) < 4.78 is 0. The maximum absolute atomic E-state index is 12.3. The average molecular weight is 406 g/mol. The van der Waals surface area contributed by atoms with Crippen LogP contribution in [0.15, 0.2) is 47.3 Å². The SMILES string of the molecule is CC(=O)N1CCC(Cc2ccc(CC(=O)NCc3ccc4[nH]c(=O)[nH]c4c3)cc2)C1. The van der Waals surface area contributed by atoms with Gasteiger partial charge < -0.3 is 20.2 Å². The molecule has 1 aliphatic rings. The first-order chi connectivity index (χ1) is 14.5. The number of H-pyrrole nitrogens is 2. The predicted octanol–water partition coefficient (Wildman–Crippen LogP) is 2.13. The van der Waals surface area contributed by atoms with E-state index in [2.05, 4.69) is 27.4 Å². The number of fused-ring (bicyclic) bond motifs is 1. The van der Waals surface area contributed by atoms with Crippen LogP contribution < -0.4 is 11.0 Å². The van der Waals surface area contributed by atoms with Crippen LogP contribution in [-0.4, -0.2) is 39.8 Å². The van der Waals surface area contributed by atoms with Gasteiger partial charge in [-0.25, -0.2) is 4.79 Å². The fourth-order valence-electron chi connectivity index (χ4n) is 4.05. The van der Waals surface area contributed by atoms with Crippen molar-refractivity contribution in [1.82, 2.24) is 20.2 Å². The average Bonchev–Trinajstić information content (AvgIpc) is 3.33. The van der Waals surface area contributed by atoms with Crippen molar-refractivity contribution in [2.45, 2.75) is 32.7 Å². The fourth-order valence-corrected chi connectivity index (χ4v) is 4.05. The van der Waals surface area contributed by atoms with E-state index in [1.807, 2.05) is 35.2 Å². The molecule has 2 aromatic carbocycles. The zero-order chi connectivity index (χ0) is 21.1. The molecule has 1 fully saturated rings. The Morgan fingerprint density at radius 2 is 1.73 bits per heavy atom. The molecule has 156 valence electrons. The summed E-state index contributed by atoms with van der Waals surface area (Å²) in [6.45, 7) is 3.73. The number of carbonyl (C=O) groups excluding carboxylic acids is 2. The Kier molecular flexibility index (Phi) is 5.70. The largest absolute Gasteiger partial charge is 0.352 e. The van der Waals surface area contributed by atoms with Crippen LogP contribution >= 0.6 is 0 Å². The van der Waals surface area contributed by atoms with Crippen LogP contribution in [0, 0.1) is 5.92 Å². The van der Waals surface area contributed by atoms with E-state index >= 15 is 0 Å². The fraction of sp³-hybridized carbons (Fsp3) is 0.348. The van der Waals surface area contributed by atoms with Crippen molar-refractivity contribution in [3.8, 4) is 0 Å². The van der Waals surface area contributed by atoms with E-state index in [0.29, 0.717) is 18.9 Å². The Hall–Kier alpha value is -3.35. The molecule has 1 unspecified atom stereocenters. The summed E-state index contributed by atoms with van der Waals surface area (Å²) in [5.41, 5.74) is 4.39. The van der Waals surface area contributed by atoms with E-state index in [4.69, 9.17) is 0 Å². The van der Waals surface area contributed by atoms with Gasteiger partial charge >= 0.3 is 5.69 Å². The molecule has 0 saturated carbocycles. The topological polar surface area (TPSA) is 98.1 Å². The number of nitrogens with one attached hydrogen (secondary N) is 3. The first kappa shape index (κ1) is 19.9. The van der Waals surface area contributed by atoms with Gasteiger partial charge in [0.1, 0.15) is 0 Å². The van der Waals surface area contributed by atoms with Gasteiger partial charge in [-0.15, -0.1) is 0 Å². The first-order valence-electron chi connectivity index (χ1n) is 10.3. The Morgan fingerprint density at radius 1 is 1.03 bits per heavy atom. The molecular formula is C23H26N4O3. The van der Waals surface area contributed by atoms with Gasteiger partial charge in [0.15, 0.2) is 0 Å². The number of benzene rings is 2. The Labute approximate surface area is 174 Å². The highest BCUT2D eigenvalue weighted by Gasteiger charge is 2.24. The highest BCUT2D eigenvalue weighted by atomic mass is 16.2. The summed E-state index contributed by atoms with van der Waals surface area (Å²) in [6, 6.07) is 13.7. The number of aromatic amines is 2. The molecule has 2 amide bonds. The summed E-state index contributed by atoms with van der Waals surface area (Å²) in [7, 11) is 0. The number of hydrogen-bond acceptors (Lipinski definition) is 3. The third-order valence-electron chi connectivity index (χ3n) is 5.71. The second-order valence-corrected chi connectivity index (χ2v) is 8.05. The second-order valence-electron chi connectivity index (χ2n) is 8.05. The van der Waals surface area contributed by atoms with Crippen LogP contribution in [0.3, 0.4) is 0 Å². The van der Waals surface area contributed by atoms with Crippen molar-refractivity contribution in [3.05, 3.63) is 69.6 Å². The highest BCUT2D eigenvalue weighted by molar-refractivity contribution is 5.79. The molecule has 0 radical (unpaired) electrons. The lowest BCUT2D eigenvalue weighted by Crippen LogP contribution is -2.26. The minimum atomic E-state index is -0.237. The minimum absolute atomic E-state index is 0.0432. The molecule has 1 aromatic heterocycles. The highest BCUT2D eigenvalue weighted by Crippen LogP contribution is 2.21. The smallest absolute Gasteiger partial charge is 0.323 e. The first-order valence-corrected chi connectivity index (χ1v) is 10.3. The minimum Gasteiger partial charge on any atom is -0.352 e. The van der Waals surface area contributed by atoms with Gasteiger partial charge in [0, 0.05) is 26.6 Å². The monoisotopic (exact) mass is 406 g/mol. The van der Waals surface area contributed by atoms with E-state index in [1.54, 1.807) is 6.92 Å². The third-order valence-corrected chi connectivity index (χ3v) is 5.71. The maximum atomic E-state index is 12.3. The van der Waals surface area contributed by atoms with Gasteiger partial charge in [-0.1, -0.05) is 30.3 Å². The van der Waals surface area contributed by atoms with E-state index in [0.717, 1.165) is 48.1 Å². The van der Waals surface area contributed by atoms with Crippen molar-refractivity contribution in [2.24, 2.45) is 5.92 Å². The van der Waals surface area contributed by atoms with Gasteiger partial charge in [0.2, 0.25) is 11.8 Å². The molecule has 7 nitrogen and oxygen atoms in total. The van der Waals surface area contributed by atoms with E-state index < -0.39 is 0 Å². The normalized spacial score (nSPS) is 16.2. The van der Waals surface area contributed by atoms with Crippen molar-refractivity contribution in [2.75, 3.05) is 13.1 Å². The van der Waals surface area contributed by atoms with E-state index in [-0.39, 0.29) is 17.5 Å². The van der Waals surface area contributed by atoms with E-state index in [1.165, 1.54) is 5.56 Å². The summed E-state index contributed by atoms with van der Waals surface area (Å²) in [5, 5.41) is 2.93. The lowest BCUT2D eigenvalue weighted by atomic mass is 9.97. The van der Waals surface area contributed by atoms with Crippen molar-refractivity contribution in [1.29, 1.82) is 0 Å². The molecule has 1 atom stereocenters. The van der Waals surface area contributed by atoms with Gasteiger partial charge in [-0.2, -0.15) is 0 Å². The molecule has 3 aromatic rings. The van der Waals surface area contributed by atoms with Crippen LogP contribution in [0.25, 0.3) is 11.0 Å².